The maximum Gasteiger partial charge on any atom is 0.175 e. The number of aryl methyl sites for hydroxylation is 1. The van der Waals surface area contributed by atoms with Crippen LogP contribution in [-0.2, 0) is 16.4 Å². The molecule has 1 atom stereocenters. The van der Waals surface area contributed by atoms with Gasteiger partial charge in [0, 0.05) is 37.0 Å². The van der Waals surface area contributed by atoms with Gasteiger partial charge in [0.2, 0.25) is 0 Å². The molecule has 8 heteroatoms. The van der Waals surface area contributed by atoms with Crippen molar-refractivity contribution in [2.45, 2.75) is 24.5 Å². The molecule has 1 unspecified atom stereocenters. The number of sulfone groups is 1. The van der Waals surface area contributed by atoms with Gasteiger partial charge in [-0.25, -0.2) is 13.4 Å². The first-order valence-electron chi connectivity index (χ1n) is 9.53. The van der Waals surface area contributed by atoms with Crippen LogP contribution in [0.5, 0.6) is 5.75 Å². The van der Waals surface area contributed by atoms with Gasteiger partial charge in [-0.1, -0.05) is 12.1 Å². The fourth-order valence-corrected chi connectivity index (χ4v) is 4.17. The van der Waals surface area contributed by atoms with E-state index in [1.54, 1.807) is 25.4 Å². The highest BCUT2D eigenvalue weighted by molar-refractivity contribution is 7.90. The van der Waals surface area contributed by atoms with Crippen LogP contribution in [0.2, 0.25) is 0 Å². The zero-order valence-corrected chi connectivity index (χ0v) is 17.9. The van der Waals surface area contributed by atoms with Crippen molar-refractivity contribution < 1.29 is 13.2 Å². The number of nitrogens with zero attached hydrogens (tertiary/aromatic N) is 2. The molecule has 2 aromatic carbocycles. The van der Waals surface area contributed by atoms with Crippen LogP contribution in [0.1, 0.15) is 16.7 Å². The third kappa shape index (κ3) is 3.91. The normalized spacial score (nSPS) is 17.7. The van der Waals surface area contributed by atoms with Gasteiger partial charge in [-0.05, 0) is 48.4 Å². The molecule has 0 saturated heterocycles. The summed E-state index contributed by atoms with van der Waals surface area (Å²) in [6.07, 6.45) is 6.78. The van der Waals surface area contributed by atoms with Crippen molar-refractivity contribution in [3.05, 3.63) is 77.8 Å². The third-order valence-corrected chi connectivity index (χ3v) is 6.28. The SMILES string of the molecule is COc1ccc(C2=CNC3C(NCc4ccc(S(C)(=O)=O)cc4)=NC=CN23)cc1C. The van der Waals surface area contributed by atoms with Crippen LogP contribution in [0.25, 0.3) is 5.70 Å². The second-order valence-electron chi connectivity index (χ2n) is 7.27. The summed E-state index contributed by atoms with van der Waals surface area (Å²) in [7, 11) is -1.52. The van der Waals surface area contributed by atoms with Gasteiger partial charge in [0.1, 0.15) is 11.6 Å². The Morgan fingerprint density at radius 2 is 1.97 bits per heavy atom. The number of hydrogen-bond donors (Lipinski definition) is 2. The molecule has 2 heterocycles. The molecule has 0 amide bonds. The lowest BCUT2D eigenvalue weighted by Gasteiger charge is -2.29. The monoisotopic (exact) mass is 424 g/mol. The number of fused-ring (bicyclic) bond motifs is 1. The smallest absolute Gasteiger partial charge is 0.175 e. The Bertz CT molecular complexity index is 1150. The number of hydrogen-bond acceptors (Lipinski definition) is 7. The lowest BCUT2D eigenvalue weighted by atomic mass is 10.1. The molecule has 30 heavy (non-hydrogen) atoms. The van der Waals surface area contributed by atoms with Crippen LogP contribution in [0.15, 0.2) is 71.0 Å². The molecule has 0 bridgehead atoms. The second-order valence-corrected chi connectivity index (χ2v) is 9.29. The summed E-state index contributed by atoms with van der Waals surface area (Å²) in [6.45, 7) is 2.57. The van der Waals surface area contributed by atoms with E-state index in [0.717, 1.165) is 34.0 Å². The molecular formula is C22H24N4O3S. The summed E-state index contributed by atoms with van der Waals surface area (Å²) in [5.41, 5.74) is 4.19. The Morgan fingerprint density at radius 3 is 2.63 bits per heavy atom. The quantitative estimate of drug-likeness (QED) is 0.768. The molecular weight excluding hydrogens is 400 g/mol. The fraction of sp³-hybridized carbons (Fsp3) is 0.227. The van der Waals surface area contributed by atoms with E-state index in [9.17, 15) is 8.42 Å². The molecule has 0 aliphatic carbocycles. The van der Waals surface area contributed by atoms with E-state index in [1.807, 2.05) is 43.6 Å². The molecule has 0 saturated carbocycles. The fourth-order valence-electron chi connectivity index (χ4n) is 3.54. The van der Waals surface area contributed by atoms with Gasteiger partial charge in [0.25, 0.3) is 0 Å². The number of amidine groups is 1. The largest absolute Gasteiger partial charge is 0.496 e. The predicted octanol–water partition coefficient (Wildman–Crippen LogP) is 2.61. The number of aliphatic imine (C=N–C) groups is 1. The van der Waals surface area contributed by atoms with Gasteiger partial charge in [-0.15, -0.1) is 0 Å². The maximum absolute atomic E-state index is 11.6. The zero-order valence-electron chi connectivity index (χ0n) is 17.1. The average Bonchev–Trinajstić information content (AvgIpc) is 3.16. The molecule has 4 rings (SSSR count). The third-order valence-electron chi connectivity index (χ3n) is 5.15. The summed E-state index contributed by atoms with van der Waals surface area (Å²) in [4.78, 5) is 6.93. The van der Waals surface area contributed by atoms with Crippen LogP contribution in [-0.4, -0.2) is 38.7 Å². The predicted molar refractivity (Wildman–Crippen MR) is 117 cm³/mol. The molecule has 0 radical (unpaired) electrons. The number of nitrogens with one attached hydrogen (secondary N) is 2. The van der Waals surface area contributed by atoms with Gasteiger partial charge in [-0.2, -0.15) is 0 Å². The first-order valence-corrected chi connectivity index (χ1v) is 11.4. The Hall–Kier alpha value is -3.26. The van der Waals surface area contributed by atoms with E-state index in [4.69, 9.17) is 4.74 Å². The van der Waals surface area contributed by atoms with E-state index < -0.39 is 9.84 Å². The lowest BCUT2D eigenvalue weighted by Crippen LogP contribution is -2.48. The summed E-state index contributed by atoms with van der Waals surface area (Å²) in [5.74, 6) is 1.66. The topological polar surface area (TPSA) is 83.0 Å². The highest BCUT2D eigenvalue weighted by Gasteiger charge is 2.31. The minimum Gasteiger partial charge on any atom is -0.496 e. The van der Waals surface area contributed by atoms with Crippen LogP contribution >= 0.6 is 0 Å². The van der Waals surface area contributed by atoms with E-state index in [0.29, 0.717) is 11.4 Å². The zero-order chi connectivity index (χ0) is 21.3. The van der Waals surface area contributed by atoms with Gasteiger partial charge < -0.3 is 20.3 Å². The minimum atomic E-state index is -3.19. The van der Waals surface area contributed by atoms with Crippen molar-refractivity contribution in [2.75, 3.05) is 13.4 Å². The molecule has 156 valence electrons. The van der Waals surface area contributed by atoms with Gasteiger partial charge >= 0.3 is 0 Å². The summed E-state index contributed by atoms with van der Waals surface area (Å²) >= 11 is 0. The summed E-state index contributed by atoms with van der Waals surface area (Å²) in [5, 5.41) is 6.74. The first kappa shape index (κ1) is 20.0. The van der Waals surface area contributed by atoms with Gasteiger partial charge in [-0.3, -0.25) is 0 Å². The minimum absolute atomic E-state index is 0.122. The maximum atomic E-state index is 11.6. The summed E-state index contributed by atoms with van der Waals surface area (Å²) in [6, 6.07) is 13.0. The Morgan fingerprint density at radius 1 is 1.20 bits per heavy atom. The molecule has 7 nitrogen and oxygen atoms in total. The highest BCUT2D eigenvalue weighted by atomic mass is 32.2. The molecule has 0 spiro atoms. The standard InChI is InChI=1S/C22H24N4O3S/c1-15-12-17(6-9-20(15)29-2)19-14-25-22-21(23-10-11-26(19)22)24-13-16-4-7-18(8-5-16)30(3,27)28/h4-12,14,22,25H,13H2,1-3H3,(H,23,24). The van der Waals surface area contributed by atoms with Crippen molar-refractivity contribution >= 4 is 21.4 Å². The molecule has 0 aromatic heterocycles. The van der Waals surface area contributed by atoms with E-state index in [1.165, 1.54) is 6.26 Å². The molecule has 2 N–H and O–H groups in total. The average molecular weight is 425 g/mol. The first-order chi connectivity index (χ1) is 14.4. The molecule has 0 fully saturated rings. The Kier molecular flexibility index (Phi) is 5.26. The van der Waals surface area contributed by atoms with Crippen LogP contribution in [0, 0.1) is 6.92 Å². The Balaban J connectivity index is 1.45. The lowest BCUT2D eigenvalue weighted by molar-refractivity contribution is 0.411. The highest BCUT2D eigenvalue weighted by Crippen LogP contribution is 2.30. The van der Waals surface area contributed by atoms with E-state index in [2.05, 4.69) is 26.6 Å². The number of benzene rings is 2. The van der Waals surface area contributed by atoms with Crippen molar-refractivity contribution in [2.24, 2.45) is 4.99 Å². The molecule has 2 aliphatic rings. The number of rotatable bonds is 5. The van der Waals surface area contributed by atoms with E-state index >= 15 is 0 Å². The van der Waals surface area contributed by atoms with E-state index in [-0.39, 0.29) is 6.17 Å². The van der Waals surface area contributed by atoms with Gasteiger partial charge in [0.15, 0.2) is 16.0 Å². The molecule has 2 aromatic rings. The van der Waals surface area contributed by atoms with Crippen LogP contribution < -0.4 is 15.4 Å². The second kappa shape index (κ2) is 7.87. The number of ether oxygens (including phenoxy) is 1. The van der Waals surface area contributed by atoms with Crippen molar-refractivity contribution in [3.8, 4) is 5.75 Å². The van der Waals surface area contributed by atoms with Crippen LogP contribution in [0.3, 0.4) is 0 Å². The Labute approximate surface area is 176 Å². The van der Waals surface area contributed by atoms with Crippen molar-refractivity contribution in [3.63, 3.8) is 0 Å². The number of methoxy groups -OCH3 is 1. The molecule has 2 aliphatic heterocycles. The van der Waals surface area contributed by atoms with Crippen molar-refractivity contribution in [1.29, 1.82) is 0 Å². The summed E-state index contributed by atoms with van der Waals surface area (Å²) < 4.78 is 28.6. The van der Waals surface area contributed by atoms with Gasteiger partial charge in [0.05, 0.1) is 17.7 Å². The van der Waals surface area contributed by atoms with Crippen molar-refractivity contribution in [1.82, 2.24) is 15.5 Å². The van der Waals surface area contributed by atoms with Crippen LogP contribution in [0.4, 0.5) is 0 Å².